The Morgan fingerprint density at radius 2 is 1.85 bits per heavy atom. The maximum absolute atomic E-state index is 13.5. The second-order valence-corrected chi connectivity index (χ2v) is 8.80. The molecule has 1 saturated heterocycles. The van der Waals surface area contributed by atoms with Crippen molar-refractivity contribution in [3.8, 4) is 16.9 Å². The molecule has 0 N–H and O–H groups in total. The molecular weight excluding hydrogens is 408 g/mol. The number of carbonyl (C=O) groups excluding carboxylic acids is 1. The van der Waals surface area contributed by atoms with Crippen LogP contribution in [0.1, 0.15) is 27.9 Å². The van der Waals surface area contributed by atoms with Gasteiger partial charge in [0.05, 0.1) is 12.6 Å². The van der Waals surface area contributed by atoms with Gasteiger partial charge in [0, 0.05) is 30.2 Å². The predicted octanol–water partition coefficient (Wildman–Crippen LogP) is 5.92. The molecule has 166 valence electrons. The molecule has 33 heavy (non-hydrogen) atoms. The summed E-state index contributed by atoms with van der Waals surface area (Å²) in [6.07, 6.45) is 3.84. The average Bonchev–Trinajstić information content (AvgIpc) is 3.33. The lowest BCUT2D eigenvalue weighted by Crippen LogP contribution is -2.29. The Balaban J connectivity index is 1.33. The number of pyridine rings is 1. The summed E-state index contributed by atoms with van der Waals surface area (Å²) in [5, 5.41) is 1.22. The van der Waals surface area contributed by atoms with Crippen molar-refractivity contribution in [1.29, 1.82) is 0 Å². The van der Waals surface area contributed by atoms with Crippen LogP contribution in [-0.4, -0.2) is 36.0 Å². The zero-order valence-electron chi connectivity index (χ0n) is 19.1. The first-order valence-corrected chi connectivity index (χ1v) is 11.5. The van der Waals surface area contributed by atoms with Crippen LogP contribution >= 0.6 is 0 Å². The minimum absolute atomic E-state index is 0.130. The molecule has 1 fully saturated rings. The maximum atomic E-state index is 13.5. The van der Waals surface area contributed by atoms with Crippen molar-refractivity contribution in [3.05, 3.63) is 95.7 Å². The highest BCUT2D eigenvalue weighted by Gasteiger charge is 2.28. The van der Waals surface area contributed by atoms with Crippen molar-refractivity contribution in [2.24, 2.45) is 5.92 Å². The molecule has 5 rings (SSSR count). The quantitative estimate of drug-likeness (QED) is 0.390. The summed E-state index contributed by atoms with van der Waals surface area (Å²) in [7, 11) is 1.67. The first kappa shape index (κ1) is 21.2. The molecule has 1 aromatic heterocycles. The van der Waals surface area contributed by atoms with Crippen molar-refractivity contribution in [1.82, 2.24) is 9.88 Å². The van der Waals surface area contributed by atoms with Gasteiger partial charge < -0.3 is 9.64 Å². The summed E-state index contributed by atoms with van der Waals surface area (Å²) in [5.41, 5.74) is 6.34. The highest BCUT2D eigenvalue weighted by Crippen LogP contribution is 2.30. The molecule has 1 aliphatic rings. The van der Waals surface area contributed by atoms with Gasteiger partial charge in [-0.3, -0.25) is 9.78 Å². The predicted molar refractivity (Wildman–Crippen MR) is 133 cm³/mol. The van der Waals surface area contributed by atoms with Gasteiger partial charge in [-0.15, -0.1) is 0 Å². The van der Waals surface area contributed by atoms with Gasteiger partial charge in [-0.1, -0.05) is 42.5 Å². The molecule has 0 saturated carbocycles. The van der Waals surface area contributed by atoms with Crippen LogP contribution in [0.2, 0.25) is 0 Å². The third kappa shape index (κ3) is 4.21. The Bertz CT molecular complexity index is 1290. The van der Waals surface area contributed by atoms with E-state index in [1.807, 2.05) is 60.5 Å². The number of rotatable bonds is 5. The summed E-state index contributed by atoms with van der Waals surface area (Å²) in [6.45, 7) is 3.64. The summed E-state index contributed by atoms with van der Waals surface area (Å²) in [5.74, 6) is 1.42. The van der Waals surface area contributed by atoms with Crippen LogP contribution < -0.4 is 4.74 Å². The summed E-state index contributed by atoms with van der Waals surface area (Å²) >= 11 is 0. The van der Waals surface area contributed by atoms with Gasteiger partial charge in [0.15, 0.2) is 0 Å². The SMILES string of the molecule is COc1ccc(-c2cccc(C(=O)N3CCC(Cc4cccc5ncccc45)C3)c2C)cc1. The monoisotopic (exact) mass is 436 g/mol. The van der Waals surface area contributed by atoms with Crippen LogP contribution in [0.5, 0.6) is 5.75 Å². The minimum Gasteiger partial charge on any atom is -0.497 e. The fourth-order valence-corrected chi connectivity index (χ4v) is 4.96. The summed E-state index contributed by atoms with van der Waals surface area (Å²) in [4.78, 5) is 20.0. The molecule has 0 radical (unpaired) electrons. The van der Waals surface area contributed by atoms with Gasteiger partial charge >= 0.3 is 0 Å². The third-order valence-electron chi connectivity index (χ3n) is 6.78. The van der Waals surface area contributed by atoms with Gasteiger partial charge in [-0.25, -0.2) is 0 Å². The molecule has 0 spiro atoms. The van der Waals surface area contributed by atoms with Crippen LogP contribution in [0.3, 0.4) is 0 Å². The smallest absolute Gasteiger partial charge is 0.254 e. The second-order valence-electron chi connectivity index (χ2n) is 8.80. The number of ether oxygens (including phenoxy) is 1. The number of benzene rings is 3. The van der Waals surface area contributed by atoms with E-state index in [2.05, 4.69) is 35.3 Å². The number of carbonyl (C=O) groups is 1. The Hall–Kier alpha value is -3.66. The Morgan fingerprint density at radius 1 is 1.03 bits per heavy atom. The first-order valence-electron chi connectivity index (χ1n) is 11.5. The minimum atomic E-state index is 0.130. The molecule has 2 heterocycles. The van der Waals surface area contributed by atoms with Crippen LogP contribution in [0, 0.1) is 12.8 Å². The van der Waals surface area contributed by atoms with E-state index in [-0.39, 0.29) is 5.91 Å². The third-order valence-corrected chi connectivity index (χ3v) is 6.78. The number of fused-ring (bicyclic) bond motifs is 1. The lowest BCUT2D eigenvalue weighted by atomic mass is 9.95. The van der Waals surface area contributed by atoms with Crippen molar-refractivity contribution < 1.29 is 9.53 Å². The van der Waals surface area contributed by atoms with Gasteiger partial charge in [0.1, 0.15) is 5.75 Å². The fourth-order valence-electron chi connectivity index (χ4n) is 4.96. The van der Waals surface area contributed by atoms with E-state index in [9.17, 15) is 4.79 Å². The lowest BCUT2D eigenvalue weighted by molar-refractivity contribution is 0.0786. The first-order chi connectivity index (χ1) is 16.1. The second kappa shape index (κ2) is 9.07. The fraction of sp³-hybridized carbons (Fsp3) is 0.241. The van der Waals surface area contributed by atoms with Crippen molar-refractivity contribution in [2.45, 2.75) is 19.8 Å². The maximum Gasteiger partial charge on any atom is 0.254 e. The molecule has 0 aliphatic carbocycles. The van der Waals surface area contributed by atoms with Gasteiger partial charge in [0.25, 0.3) is 5.91 Å². The Kier molecular flexibility index (Phi) is 5.82. The van der Waals surface area contributed by atoms with E-state index < -0.39 is 0 Å². The van der Waals surface area contributed by atoms with E-state index in [1.54, 1.807) is 7.11 Å². The van der Waals surface area contributed by atoms with Crippen LogP contribution in [-0.2, 0) is 6.42 Å². The van der Waals surface area contributed by atoms with Crippen molar-refractivity contribution in [3.63, 3.8) is 0 Å². The molecule has 0 bridgehead atoms. The van der Waals surface area contributed by atoms with Gasteiger partial charge in [-0.2, -0.15) is 0 Å². The number of likely N-dealkylation sites (tertiary alicyclic amines) is 1. The lowest BCUT2D eigenvalue weighted by Gasteiger charge is -2.19. The average molecular weight is 437 g/mol. The van der Waals surface area contributed by atoms with Crippen LogP contribution in [0.25, 0.3) is 22.0 Å². The van der Waals surface area contributed by atoms with E-state index >= 15 is 0 Å². The number of nitrogens with zero attached hydrogens (tertiary/aromatic N) is 2. The zero-order valence-corrected chi connectivity index (χ0v) is 19.1. The Morgan fingerprint density at radius 3 is 2.67 bits per heavy atom. The number of hydrogen-bond acceptors (Lipinski definition) is 3. The molecule has 1 unspecified atom stereocenters. The summed E-state index contributed by atoms with van der Waals surface area (Å²) in [6, 6.07) is 24.5. The highest BCUT2D eigenvalue weighted by molar-refractivity contribution is 5.97. The highest BCUT2D eigenvalue weighted by atomic mass is 16.5. The molecule has 4 aromatic rings. The van der Waals surface area contributed by atoms with Crippen molar-refractivity contribution >= 4 is 16.8 Å². The number of aromatic nitrogens is 1. The topological polar surface area (TPSA) is 42.4 Å². The molecular formula is C29H28N2O2. The van der Waals surface area contributed by atoms with Gasteiger partial charge in [-0.05, 0) is 78.3 Å². The number of hydrogen-bond donors (Lipinski definition) is 0. The molecule has 1 atom stereocenters. The standard InChI is InChI=1S/C29H28N2O2/c1-20-25(22-11-13-24(33-2)14-12-22)7-4-8-26(20)29(32)31-17-15-21(19-31)18-23-6-3-10-28-27(23)9-5-16-30-28/h3-14,16,21H,15,17-19H2,1-2H3. The number of amides is 1. The summed E-state index contributed by atoms with van der Waals surface area (Å²) < 4.78 is 5.28. The molecule has 1 amide bonds. The largest absolute Gasteiger partial charge is 0.497 e. The van der Waals surface area contributed by atoms with E-state index in [4.69, 9.17) is 4.74 Å². The van der Waals surface area contributed by atoms with E-state index in [1.165, 1.54) is 10.9 Å². The molecule has 4 heteroatoms. The van der Waals surface area contributed by atoms with Crippen molar-refractivity contribution in [2.75, 3.05) is 20.2 Å². The normalized spacial score (nSPS) is 15.7. The number of methoxy groups -OCH3 is 1. The molecule has 4 nitrogen and oxygen atoms in total. The van der Waals surface area contributed by atoms with Crippen LogP contribution in [0.15, 0.2) is 79.0 Å². The molecule has 3 aromatic carbocycles. The zero-order chi connectivity index (χ0) is 22.8. The van der Waals surface area contributed by atoms with E-state index in [0.29, 0.717) is 5.92 Å². The van der Waals surface area contributed by atoms with Gasteiger partial charge in [0.2, 0.25) is 0 Å². The Labute approximate surface area is 194 Å². The molecule has 1 aliphatic heterocycles. The van der Waals surface area contributed by atoms with E-state index in [0.717, 1.165) is 59.5 Å². The van der Waals surface area contributed by atoms with Crippen LogP contribution in [0.4, 0.5) is 0 Å².